The molecule has 24 heavy (non-hydrogen) atoms. The molecule has 0 aromatic carbocycles. The number of hydrogen-bond acceptors (Lipinski definition) is 6. The Kier molecular flexibility index (Phi) is 2.83. The van der Waals surface area contributed by atoms with Crippen molar-refractivity contribution in [3.05, 3.63) is 42.7 Å². The minimum Gasteiger partial charge on any atom is -0.473 e. The predicted molar refractivity (Wildman–Crippen MR) is 87.6 cm³/mol. The lowest BCUT2D eigenvalue weighted by atomic mass is 9.90. The maximum atomic E-state index is 5.87. The van der Waals surface area contributed by atoms with Gasteiger partial charge in [0.05, 0.1) is 6.20 Å². The molecule has 120 valence electrons. The first-order valence-electron chi connectivity index (χ1n) is 7.88. The van der Waals surface area contributed by atoms with Gasteiger partial charge in [0.15, 0.2) is 17.0 Å². The van der Waals surface area contributed by atoms with Crippen LogP contribution in [0.25, 0.3) is 28.2 Å². The molecular formula is C17H15N5O2. The molecule has 0 atom stereocenters. The molecule has 1 fully saturated rings. The second-order valence-corrected chi connectivity index (χ2v) is 6.05. The molecule has 0 radical (unpaired) electrons. The van der Waals surface area contributed by atoms with E-state index in [0.717, 1.165) is 35.3 Å². The Morgan fingerprint density at radius 2 is 2.12 bits per heavy atom. The lowest BCUT2D eigenvalue weighted by molar-refractivity contribution is 0.0944. The summed E-state index contributed by atoms with van der Waals surface area (Å²) in [6, 6.07) is 9.57. The molecule has 0 spiro atoms. The smallest absolute Gasteiger partial charge is 0.232 e. The van der Waals surface area contributed by atoms with E-state index in [1.54, 1.807) is 16.9 Å². The molecule has 1 saturated carbocycles. The molecule has 4 aromatic heterocycles. The van der Waals surface area contributed by atoms with Crippen molar-refractivity contribution in [2.45, 2.75) is 25.0 Å². The van der Waals surface area contributed by atoms with Crippen molar-refractivity contribution in [2.24, 2.45) is 5.73 Å². The van der Waals surface area contributed by atoms with E-state index in [0.29, 0.717) is 11.6 Å². The van der Waals surface area contributed by atoms with Crippen molar-refractivity contribution < 1.29 is 9.15 Å². The number of pyridine rings is 1. The van der Waals surface area contributed by atoms with Gasteiger partial charge in [0.1, 0.15) is 17.3 Å². The standard InChI is InChI=1S/C17H15N5O2/c18-10-6-11(7-10)23-17-4-3-16-20-9-13(22(16)21-17)15-8-12-14(24-15)2-1-5-19-12/h1-5,8-11H,6-7,18H2. The fourth-order valence-electron chi connectivity index (χ4n) is 2.96. The summed E-state index contributed by atoms with van der Waals surface area (Å²) in [6.45, 7) is 0. The SMILES string of the molecule is NC1CC(Oc2ccc3ncc(-c4cc5ncccc5o4)n3n2)C1. The summed E-state index contributed by atoms with van der Waals surface area (Å²) in [7, 11) is 0. The third kappa shape index (κ3) is 2.13. The van der Waals surface area contributed by atoms with E-state index in [1.807, 2.05) is 30.3 Å². The molecule has 4 heterocycles. The Bertz CT molecular complexity index is 999. The number of rotatable bonds is 3. The van der Waals surface area contributed by atoms with Crippen LogP contribution >= 0.6 is 0 Å². The molecule has 4 aromatic rings. The largest absolute Gasteiger partial charge is 0.473 e. The van der Waals surface area contributed by atoms with E-state index in [9.17, 15) is 0 Å². The minimum atomic E-state index is 0.146. The number of nitrogens with zero attached hydrogens (tertiary/aromatic N) is 4. The van der Waals surface area contributed by atoms with Crippen molar-refractivity contribution in [2.75, 3.05) is 0 Å². The van der Waals surface area contributed by atoms with Crippen LogP contribution in [0.4, 0.5) is 0 Å². The molecule has 1 aliphatic carbocycles. The highest BCUT2D eigenvalue weighted by Crippen LogP contribution is 2.28. The lowest BCUT2D eigenvalue weighted by Crippen LogP contribution is -2.43. The van der Waals surface area contributed by atoms with Gasteiger partial charge in [-0.1, -0.05) is 0 Å². The molecule has 0 amide bonds. The van der Waals surface area contributed by atoms with E-state index in [2.05, 4.69) is 15.1 Å². The molecule has 2 N–H and O–H groups in total. The van der Waals surface area contributed by atoms with Gasteiger partial charge in [-0.15, -0.1) is 5.10 Å². The Hall–Kier alpha value is -2.93. The minimum absolute atomic E-state index is 0.146. The first-order valence-corrected chi connectivity index (χ1v) is 7.88. The number of furan rings is 1. The first kappa shape index (κ1) is 13.5. The van der Waals surface area contributed by atoms with Crippen molar-refractivity contribution in [3.63, 3.8) is 0 Å². The zero-order valence-corrected chi connectivity index (χ0v) is 12.8. The number of hydrogen-bond donors (Lipinski definition) is 1. The Morgan fingerprint density at radius 1 is 1.21 bits per heavy atom. The molecule has 0 unspecified atom stereocenters. The zero-order chi connectivity index (χ0) is 16.1. The number of fused-ring (bicyclic) bond motifs is 2. The Balaban J connectivity index is 1.55. The van der Waals surface area contributed by atoms with Crippen LogP contribution < -0.4 is 10.5 Å². The fraction of sp³-hybridized carbons (Fsp3) is 0.235. The van der Waals surface area contributed by atoms with E-state index in [4.69, 9.17) is 14.9 Å². The fourth-order valence-corrected chi connectivity index (χ4v) is 2.96. The number of ether oxygens (including phenoxy) is 1. The van der Waals surface area contributed by atoms with Crippen LogP contribution in [0.5, 0.6) is 5.88 Å². The second kappa shape index (κ2) is 5.04. The first-order chi connectivity index (χ1) is 11.8. The zero-order valence-electron chi connectivity index (χ0n) is 12.8. The molecule has 5 rings (SSSR count). The highest BCUT2D eigenvalue weighted by molar-refractivity contribution is 5.78. The Labute approximate surface area is 137 Å². The highest BCUT2D eigenvalue weighted by atomic mass is 16.5. The summed E-state index contributed by atoms with van der Waals surface area (Å²) >= 11 is 0. The molecular weight excluding hydrogens is 306 g/mol. The third-order valence-electron chi connectivity index (χ3n) is 4.30. The maximum Gasteiger partial charge on any atom is 0.232 e. The molecule has 0 saturated heterocycles. The van der Waals surface area contributed by atoms with Gasteiger partial charge in [-0.05, 0) is 31.0 Å². The van der Waals surface area contributed by atoms with Crippen LogP contribution in [-0.2, 0) is 0 Å². The van der Waals surface area contributed by atoms with Gasteiger partial charge < -0.3 is 14.9 Å². The van der Waals surface area contributed by atoms with Crippen LogP contribution in [-0.4, -0.2) is 31.7 Å². The lowest BCUT2D eigenvalue weighted by Gasteiger charge is -2.31. The van der Waals surface area contributed by atoms with Gasteiger partial charge in [0.25, 0.3) is 0 Å². The predicted octanol–water partition coefficient (Wildman–Crippen LogP) is 2.41. The topological polar surface area (TPSA) is 91.5 Å². The normalized spacial score (nSPS) is 20.4. The summed E-state index contributed by atoms with van der Waals surface area (Å²) in [5.74, 6) is 1.24. The Morgan fingerprint density at radius 3 is 2.96 bits per heavy atom. The van der Waals surface area contributed by atoms with E-state index < -0.39 is 0 Å². The molecule has 7 nitrogen and oxygen atoms in total. The summed E-state index contributed by atoms with van der Waals surface area (Å²) in [5, 5.41) is 4.54. The number of imidazole rings is 1. The monoisotopic (exact) mass is 321 g/mol. The van der Waals surface area contributed by atoms with Crippen LogP contribution in [0, 0.1) is 0 Å². The van der Waals surface area contributed by atoms with Gasteiger partial charge in [0, 0.05) is 24.4 Å². The third-order valence-corrected chi connectivity index (χ3v) is 4.30. The summed E-state index contributed by atoms with van der Waals surface area (Å²) in [5.41, 5.74) is 8.83. The average Bonchev–Trinajstić information content (AvgIpc) is 3.16. The van der Waals surface area contributed by atoms with Crippen LogP contribution in [0.1, 0.15) is 12.8 Å². The van der Waals surface area contributed by atoms with E-state index in [-0.39, 0.29) is 12.1 Å². The number of nitrogens with two attached hydrogens (primary N) is 1. The van der Waals surface area contributed by atoms with Gasteiger partial charge in [-0.25, -0.2) is 9.50 Å². The van der Waals surface area contributed by atoms with E-state index >= 15 is 0 Å². The second-order valence-electron chi connectivity index (χ2n) is 6.05. The van der Waals surface area contributed by atoms with Crippen molar-refractivity contribution in [1.29, 1.82) is 0 Å². The van der Waals surface area contributed by atoms with Crippen molar-refractivity contribution >= 4 is 16.7 Å². The van der Waals surface area contributed by atoms with Gasteiger partial charge in [-0.2, -0.15) is 0 Å². The van der Waals surface area contributed by atoms with E-state index in [1.165, 1.54) is 0 Å². The number of aromatic nitrogens is 4. The molecule has 0 bridgehead atoms. The summed E-state index contributed by atoms with van der Waals surface area (Å²) in [4.78, 5) is 8.67. The van der Waals surface area contributed by atoms with Crippen molar-refractivity contribution in [3.8, 4) is 17.3 Å². The maximum absolute atomic E-state index is 5.87. The molecule has 0 aliphatic heterocycles. The van der Waals surface area contributed by atoms with Gasteiger partial charge >= 0.3 is 0 Å². The molecule has 1 aliphatic rings. The highest BCUT2D eigenvalue weighted by Gasteiger charge is 2.28. The summed E-state index contributed by atoms with van der Waals surface area (Å²) < 4.78 is 13.5. The molecule has 7 heteroatoms. The summed E-state index contributed by atoms with van der Waals surface area (Å²) in [6.07, 6.45) is 5.36. The van der Waals surface area contributed by atoms with Crippen LogP contribution in [0.15, 0.2) is 47.1 Å². The van der Waals surface area contributed by atoms with Crippen LogP contribution in [0.3, 0.4) is 0 Å². The van der Waals surface area contributed by atoms with Crippen molar-refractivity contribution in [1.82, 2.24) is 19.6 Å². The average molecular weight is 321 g/mol. The van der Waals surface area contributed by atoms with Crippen LogP contribution in [0.2, 0.25) is 0 Å². The quantitative estimate of drug-likeness (QED) is 0.623. The van der Waals surface area contributed by atoms with Gasteiger partial charge in [0.2, 0.25) is 5.88 Å². The van der Waals surface area contributed by atoms with Gasteiger partial charge in [-0.3, -0.25) is 4.98 Å².